The fourth-order valence-corrected chi connectivity index (χ4v) is 4.82. The number of anilines is 1. The Morgan fingerprint density at radius 3 is 2.35 bits per heavy atom. The molecule has 0 heterocycles. The van der Waals surface area contributed by atoms with Crippen LogP contribution in [0.5, 0.6) is 17.2 Å². The molecule has 11 heteroatoms. The van der Waals surface area contributed by atoms with Gasteiger partial charge in [-0.25, -0.2) is 0 Å². The lowest BCUT2D eigenvalue weighted by Crippen LogP contribution is -2.27. The molecule has 2 aromatic carbocycles. The van der Waals surface area contributed by atoms with Gasteiger partial charge < -0.3 is 34.9 Å². The van der Waals surface area contributed by atoms with Crippen molar-refractivity contribution in [3.05, 3.63) is 45.6 Å². The predicted molar refractivity (Wildman–Crippen MR) is 150 cm³/mol. The number of rotatable bonds is 12. The van der Waals surface area contributed by atoms with E-state index in [1.54, 1.807) is 26.4 Å². The van der Waals surface area contributed by atoms with Gasteiger partial charge in [0, 0.05) is 32.0 Å². The molecule has 0 unspecified atom stereocenters. The van der Waals surface area contributed by atoms with Crippen LogP contribution in [-0.4, -0.2) is 59.3 Å². The van der Waals surface area contributed by atoms with E-state index in [4.69, 9.17) is 14.2 Å². The molecular formula is C29H37N3O8. The second kappa shape index (κ2) is 14.2. The third-order valence-electron chi connectivity index (χ3n) is 6.69. The topological polar surface area (TPSA) is 141 Å². The summed E-state index contributed by atoms with van der Waals surface area (Å²) in [5, 5.41) is 8.78. The van der Waals surface area contributed by atoms with Crippen LogP contribution in [0.2, 0.25) is 0 Å². The standard InChI is InChI=1S/C29H37N3O8/c1-17(33)32-21-10-8-18-15-24(37-2)28(39-4)29(40-5)27(18)19-9-11-22(23(34)16-20(19)21)30-13-6-7-25(35)31-14-12-26(36)38-3/h9,11,15-16,21H,6-8,10,12-14H2,1-5H3,(H,30,34)(H,31,35)(H,32,33)/t21-/m0/s1. The Balaban J connectivity index is 1.92. The van der Waals surface area contributed by atoms with Gasteiger partial charge in [0.2, 0.25) is 23.0 Å². The number of amides is 2. The van der Waals surface area contributed by atoms with Crippen LogP contribution in [0.25, 0.3) is 11.1 Å². The number of carbonyl (C=O) groups is 3. The van der Waals surface area contributed by atoms with Crippen molar-refractivity contribution in [2.45, 2.75) is 45.1 Å². The summed E-state index contributed by atoms with van der Waals surface area (Å²) in [6, 6.07) is 6.59. The molecule has 2 amide bonds. The lowest BCUT2D eigenvalue weighted by atomic mass is 9.95. The summed E-state index contributed by atoms with van der Waals surface area (Å²) in [7, 11) is 5.94. The highest BCUT2D eigenvalue weighted by molar-refractivity contribution is 5.84. The van der Waals surface area contributed by atoms with Crippen LogP contribution in [0.15, 0.2) is 29.1 Å². The molecule has 0 saturated carbocycles. The van der Waals surface area contributed by atoms with Crippen LogP contribution >= 0.6 is 0 Å². The summed E-state index contributed by atoms with van der Waals surface area (Å²) in [4.78, 5) is 48.6. The van der Waals surface area contributed by atoms with Crippen molar-refractivity contribution in [3.8, 4) is 28.4 Å². The molecule has 0 aliphatic heterocycles. The highest BCUT2D eigenvalue weighted by atomic mass is 16.5. The van der Waals surface area contributed by atoms with Crippen molar-refractivity contribution in [1.82, 2.24) is 10.6 Å². The van der Waals surface area contributed by atoms with E-state index < -0.39 is 6.04 Å². The number of esters is 1. The Kier molecular flexibility index (Phi) is 10.7. The Labute approximate surface area is 233 Å². The van der Waals surface area contributed by atoms with Crippen molar-refractivity contribution in [3.63, 3.8) is 0 Å². The molecule has 216 valence electrons. The van der Waals surface area contributed by atoms with E-state index in [0.29, 0.717) is 54.3 Å². The van der Waals surface area contributed by atoms with Gasteiger partial charge in [-0.05, 0) is 54.2 Å². The molecule has 0 bridgehead atoms. The highest BCUT2D eigenvalue weighted by Crippen LogP contribution is 2.50. The molecule has 3 rings (SSSR count). The second-order valence-electron chi connectivity index (χ2n) is 9.30. The van der Waals surface area contributed by atoms with Gasteiger partial charge in [0.05, 0.1) is 46.6 Å². The molecule has 3 N–H and O–H groups in total. The first-order chi connectivity index (χ1) is 19.2. The van der Waals surface area contributed by atoms with E-state index in [1.165, 1.54) is 21.1 Å². The largest absolute Gasteiger partial charge is 0.493 e. The van der Waals surface area contributed by atoms with Crippen molar-refractivity contribution >= 4 is 23.5 Å². The smallest absolute Gasteiger partial charge is 0.307 e. The van der Waals surface area contributed by atoms with Gasteiger partial charge >= 0.3 is 5.97 Å². The molecule has 40 heavy (non-hydrogen) atoms. The number of hydrogen-bond acceptors (Lipinski definition) is 9. The molecule has 1 aliphatic rings. The minimum atomic E-state index is -0.400. The first kappa shape index (κ1) is 30.3. The number of nitrogens with one attached hydrogen (secondary N) is 3. The maximum atomic E-state index is 13.3. The minimum absolute atomic E-state index is 0.108. The first-order valence-corrected chi connectivity index (χ1v) is 13.1. The lowest BCUT2D eigenvalue weighted by Gasteiger charge is -2.19. The van der Waals surface area contributed by atoms with Crippen LogP contribution in [0.1, 0.15) is 49.8 Å². The minimum Gasteiger partial charge on any atom is -0.493 e. The van der Waals surface area contributed by atoms with Crippen LogP contribution in [-0.2, 0) is 25.5 Å². The third-order valence-corrected chi connectivity index (χ3v) is 6.69. The van der Waals surface area contributed by atoms with E-state index in [1.807, 2.05) is 12.1 Å². The third kappa shape index (κ3) is 7.22. The number of methoxy groups -OCH3 is 4. The highest BCUT2D eigenvalue weighted by Gasteiger charge is 2.29. The van der Waals surface area contributed by atoms with Gasteiger partial charge in [0.25, 0.3) is 0 Å². The maximum Gasteiger partial charge on any atom is 0.307 e. The molecule has 1 aliphatic carbocycles. The average Bonchev–Trinajstić information content (AvgIpc) is 3.18. The zero-order chi connectivity index (χ0) is 29.2. The predicted octanol–water partition coefficient (Wildman–Crippen LogP) is 2.73. The number of carbonyl (C=O) groups excluding carboxylic acids is 3. The van der Waals surface area contributed by atoms with Crippen molar-refractivity contribution in [2.75, 3.05) is 46.8 Å². The molecule has 11 nitrogen and oxygen atoms in total. The SMILES string of the molecule is COC(=O)CCNC(=O)CCCNc1ccc2c(cc1=O)[C@@H](NC(C)=O)CCc1cc(OC)c(OC)c(OC)c1-2. The van der Waals surface area contributed by atoms with E-state index in [9.17, 15) is 19.2 Å². The fraction of sp³-hybridized carbons (Fsp3) is 0.448. The molecule has 1 atom stereocenters. The number of ether oxygens (including phenoxy) is 4. The zero-order valence-corrected chi connectivity index (χ0v) is 23.6. The fourth-order valence-electron chi connectivity index (χ4n) is 4.82. The number of aryl methyl sites for hydroxylation is 1. The van der Waals surface area contributed by atoms with Crippen LogP contribution in [0, 0.1) is 0 Å². The van der Waals surface area contributed by atoms with Crippen LogP contribution in [0.3, 0.4) is 0 Å². The van der Waals surface area contributed by atoms with Crippen LogP contribution < -0.4 is 35.6 Å². The Morgan fingerprint density at radius 1 is 0.950 bits per heavy atom. The number of fused-ring (bicyclic) bond motifs is 3. The Morgan fingerprint density at radius 2 is 1.70 bits per heavy atom. The lowest BCUT2D eigenvalue weighted by molar-refractivity contribution is -0.140. The molecule has 0 radical (unpaired) electrons. The zero-order valence-electron chi connectivity index (χ0n) is 23.6. The van der Waals surface area contributed by atoms with E-state index in [-0.39, 0.29) is 42.6 Å². The summed E-state index contributed by atoms with van der Waals surface area (Å²) < 4.78 is 21.5. The Hall–Kier alpha value is -4.28. The first-order valence-electron chi connectivity index (χ1n) is 13.1. The summed E-state index contributed by atoms with van der Waals surface area (Å²) >= 11 is 0. The van der Waals surface area contributed by atoms with Crippen LogP contribution in [0.4, 0.5) is 5.69 Å². The van der Waals surface area contributed by atoms with E-state index in [2.05, 4.69) is 20.7 Å². The maximum absolute atomic E-state index is 13.3. The van der Waals surface area contributed by atoms with Crippen molar-refractivity contribution in [1.29, 1.82) is 0 Å². The van der Waals surface area contributed by atoms with Crippen molar-refractivity contribution in [2.24, 2.45) is 0 Å². The molecule has 0 saturated heterocycles. The van der Waals surface area contributed by atoms with Gasteiger partial charge in [-0.15, -0.1) is 0 Å². The van der Waals surface area contributed by atoms with Gasteiger partial charge in [0.1, 0.15) is 0 Å². The monoisotopic (exact) mass is 555 g/mol. The summed E-state index contributed by atoms with van der Waals surface area (Å²) in [6.07, 6.45) is 1.99. The number of benzene rings is 1. The van der Waals surface area contributed by atoms with Gasteiger partial charge in [-0.3, -0.25) is 19.2 Å². The molecule has 0 aromatic heterocycles. The van der Waals surface area contributed by atoms with Gasteiger partial charge in [0.15, 0.2) is 11.5 Å². The van der Waals surface area contributed by atoms with Gasteiger partial charge in [-0.2, -0.15) is 0 Å². The van der Waals surface area contributed by atoms with E-state index >= 15 is 0 Å². The second-order valence-corrected chi connectivity index (χ2v) is 9.30. The molecule has 0 spiro atoms. The van der Waals surface area contributed by atoms with E-state index in [0.717, 1.165) is 16.7 Å². The van der Waals surface area contributed by atoms with Crippen molar-refractivity contribution < 1.29 is 33.3 Å². The average molecular weight is 556 g/mol. The number of hydrogen-bond donors (Lipinski definition) is 3. The van der Waals surface area contributed by atoms with Gasteiger partial charge in [-0.1, -0.05) is 6.07 Å². The Bertz CT molecular complexity index is 1310. The molecule has 2 aromatic rings. The summed E-state index contributed by atoms with van der Waals surface area (Å²) in [5.41, 5.74) is 3.23. The summed E-state index contributed by atoms with van der Waals surface area (Å²) in [6.45, 7) is 2.04. The normalized spacial score (nSPS) is 13.6. The molecular weight excluding hydrogens is 518 g/mol. The molecule has 0 fully saturated rings. The summed E-state index contributed by atoms with van der Waals surface area (Å²) in [5.74, 6) is 0.659. The quantitative estimate of drug-likeness (QED) is 0.266.